The summed E-state index contributed by atoms with van der Waals surface area (Å²) in [6.07, 6.45) is 2.18. The van der Waals surface area contributed by atoms with Crippen LogP contribution in [0.4, 0.5) is 6.01 Å². The third kappa shape index (κ3) is 6.04. The lowest BCUT2D eigenvalue weighted by Crippen LogP contribution is -2.37. The van der Waals surface area contributed by atoms with Crippen LogP contribution in [-0.4, -0.2) is 29.3 Å². The van der Waals surface area contributed by atoms with Gasteiger partial charge in [0.2, 0.25) is 5.89 Å². The summed E-state index contributed by atoms with van der Waals surface area (Å²) in [6.45, 7) is 15.8. The Hall–Kier alpha value is -1.10. The summed E-state index contributed by atoms with van der Waals surface area (Å²) in [4.78, 5) is 2.27. The first-order chi connectivity index (χ1) is 9.97. The van der Waals surface area contributed by atoms with Crippen molar-refractivity contribution in [2.45, 2.75) is 67.0 Å². The van der Waals surface area contributed by atoms with Crippen LogP contribution in [0, 0.1) is 11.8 Å². The molecule has 0 fully saturated rings. The zero-order valence-electron chi connectivity index (χ0n) is 14.5. The highest BCUT2D eigenvalue weighted by atomic mass is 16.4. The minimum Gasteiger partial charge on any atom is -0.407 e. The molecule has 0 aliphatic rings. The van der Waals surface area contributed by atoms with Crippen LogP contribution in [0.3, 0.4) is 0 Å². The molecular formula is C16H32N4O. The van der Waals surface area contributed by atoms with Crippen molar-refractivity contribution in [1.82, 2.24) is 15.5 Å². The predicted molar refractivity (Wildman–Crippen MR) is 87.4 cm³/mol. The molecule has 5 heteroatoms. The van der Waals surface area contributed by atoms with Crippen molar-refractivity contribution in [3.63, 3.8) is 0 Å². The van der Waals surface area contributed by atoms with E-state index in [1.165, 1.54) is 0 Å². The molecule has 0 saturated carbocycles. The molecule has 0 aromatic carbocycles. The Morgan fingerprint density at radius 3 is 2.24 bits per heavy atom. The number of nitrogens with zero attached hydrogens (tertiary/aromatic N) is 3. The van der Waals surface area contributed by atoms with E-state index >= 15 is 0 Å². The number of nitrogens with one attached hydrogen (secondary N) is 1. The molecule has 5 nitrogen and oxygen atoms in total. The van der Waals surface area contributed by atoms with Gasteiger partial charge in [0.1, 0.15) is 0 Å². The molecule has 1 aromatic heterocycles. The van der Waals surface area contributed by atoms with Crippen molar-refractivity contribution in [2.24, 2.45) is 11.8 Å². The summed E-state index contributed by atoms with van der Waals surface area (Å²) in [6, 6.07) is 1.13. The molecule has 1 heterocycles. The van der Waals surface area contributed by atoms with E-state index in [0.717, 1.165) is 25.9 Å². The second-order valence-corrected chi connectivity index (χ2v) is 6.52. The quantitative estimate of drug-likeness (QED) is 0.716. The van der Waals surface area contributed by atoms with Crippen molar-refractivity contribution in [3.8, 4) is 0 Å². The Bertz CT molecular complexity index is 385. The maximum absolute atomic E-state index is 5.85. The van der Waals surface area contributed by atoms with Gasteiger partial charge >= 0.3 is 6.01 Å². The molecule has 0 spiro atoms. The minimum atomic E-state index is 0.462. The van der Waals surface area contributed by atoms with Crippen molar-refractivity contribution in [2.75, 3.05) is 18.0 Å². The number of aromatic nitrogens is 2. The van der Waals surface area contributed by atoms with Crippen LogP contribution < -0.4 is 10.2 Å². The first kappa shape index (κ1) is 18.0. The largest absolute Gasteiger partial charge is 0.407 e. The lowest BCUT2D eigenvalue weighted by Gasteiger charge is -2.30. The van der Waals surface area contributed by atoms with Crippen molar-refractivity contribution >= 4 is 6.01 Å². The zero-order chi connectivity index (χ0) is 15.8. The molecule has 0 atom stereocenters. The van der Waals surface area contributed by atoms with Gasteiger partial charge in [0, 0.05) is 12.6 Å². The molecule has 0 aliphatic heterocycles. The fraction of sp³-hybridized carbons (Fsp3) is 0.875. The second-order valence-electron chi connectivity index (χ2n) is 6.52. The first-order valence-electron chi connectivity index (χ1n) is 8.27. The molecule has 0 unspecified atom stereocenters. The highest BCUT2D eigenvalue weighted by Crippen LogP contribution is 2.20. The highest BCUT2D eigenvalue weighted by Gasteiger charge is 2.22. The fourth-order valence-electron chi connectivity index (χ4n) is 2.41. The second kappa shape index (κ2) is 9.03. The van der Waals surface area contributed by atoms with Gasteiger partial charge in [0.25, 0.3) is 0 Å². The Balaban J connectivity index is 2.72. The number of anilines is 1. The first-order valence-corrected chi connectivity index (χ1v) is 8.27. The molecule has 0 radical (unpaired) electrons. The van der Waals surface area contributed by atoms with Gasteiger partial charge in [-0.2, -0.15) is 0 Å². The van der Waals surface area contributed by atoms with Crippen LogP contribution in [0.1, 0.15) is 60.3 Å². The number of rotatable bonds is 10. The summed E-state index contributed by atoms with van der Waals surface area (Å²) in [5, 5.41) is 11.8. The zero-order valence-corrected chi connectivity index (χ0v) is 14.5. The van der Waals surface area contributed by atoms with Crippen LogP contribution in [0.2, 0.25) is 0 Å². The van der Waals surface area contributed by atoms with E-state index in [0.29, 0.717) is 36.3 Å². The standard InChI is InChI=1S/C16H32N4O/c1-7-14(8-2)20(11-13(5)6)16-19-18-15(21-16)10-17-9-12(3)4/h12-14,17H,7-11H2,1-6H3. The Morgan fingerprint density at radius 2 is 1.71 bits per heavy atom. The molecular weight excluding hydrogens is 264 g/mol. The molecule has 21 heavy (non-hydrogen) atoms. The SMILES string of the molecule is CCC(CC)N(CC(C)C)c1nnc(CNCC(C)C)o1. The third-order valence-corrected chi connectivity index (χ3v) is 3.48. The van der Waals surface area contributed by atoms with Gasteiger partial charge < -0.3 is 14.6 Å². The van der Waals surface area contributed by atoms with E-state index in [9.17, 15) is 0 Å². The van der Waals surface area contributed by atoms with E-state index in [1.807, 2.05) is 0 Å². The maximum atomic E-state index is 5.85. The Labute approximate surface area is 129 Å². The van der Waals surface area contributed by atoms with Crippen LogP contribution in [0.15, 0.2) is 4.42 Å². The summed E-state index contributed by atoms with van der Waals surface area (Å²) in [5.41, 5.74) is 0. The molecule has 0 saturated heterocycles. The van der Waals surface area contributed by atoms with Crippen molar-refractivity contribution in [1.29, 1.82) is 0 Å². The van der Waals surface area contributed by atoms with Gasteiger partial charge in [-0.05, 0) is 31.2 Å². The van der Waals surface area contributed by atoms with Gasteiger partial charge in [-0.15, -0.1) is 5.10 Å². The molecule has 122 valence electrons. The van der Waals surface area contributed by atoms with Crippen LogP contribution >= 0.6 is 0 Å². The van der Waals surface area contributed by atoms with E-state index in [1.54, 1.807) is 0 Å². The highest BCUT2D eigenvalue weighted by molar-refractivity contribution is 5.26. The van der Waals surface area contributed by atoms with E-state index in [-0.39, 0.29) is 0 Å². The Morgan fingerprint density at radius 1 is 1.05 bits per heavy atom. The Kier molecular flexibility index (Phi) is 7.72. The van der Waals surface area contributed by atoms with Crippen molar-refractivity contribution < 1.29 is 4.42 Å². The van der Waals surface area contributed by atoms with Crippen molar-refractivity contribution in [3.05, 3.63) is 5.89 Å². The minimum absolute atomic E-state index is 0.462. The van der Waals surface area contributed by atoms with Gasteiger partial charge in [0.15, 0.2) is 0 Å². The molecule has 1 aromatic rings. The lowest BCUT2D eigenvalue weighted by atomic mass is 10.1. The van der Waals surface area contributed by atoms with E-state index in [2.05, 4.69) is 62.0 Å². The fourth-order valence-corrected chi connectivity index (χ4v) is 2.41. The molecule has 0 bridgehead atoms. The van der Waals surface area contributed by atoms with Crippen LogP contribution in [-0.2, 0) is 6.54 Å². The summed E-state index contributed by atoms with van der Waals surface area (Å²) in [5.74, 6) is 1.86. The maximum Gasteiger partial charge on any atom is 0.318 e. The molecule has 0 amide bonds. The van der Waals surface area contributed by atoms with Crippen LogP contribution in [0.25, 0.3) is 0 Å². The van der Waals surface area contributed by atoms with Gasteiger partial charge in [-0.25, -0.2) is 0 Å². The average molecular weight is 296 g/mol. The lowest BCUT2D eigenvalue weighted by molar-refractivity contribution is 0.416. The topological polar surface area (TPSA) is 54.2 Å². The predicted octanol–water partition coefficient (Wildman–Crippen LogP) is 3.47. The monoisotopic (exact) mass is 296 g/mol. The van der Waals surface area contributed by atoms with E-state index < -0.39 is 0 Å². The molecule has 0 aliphatic carbocycles. The number of hydrogen-bond acceptors (Lipinski definition) is 5. The average Bonchev–Trinajstić information content (AvgIpc) is 2.86. The van der Waals surface area contributed by atoms with Gasteiger partial charge in [-0.3, -0.25) is 0 Å². The van der Waals surface area contributed by atoms with E-state index in [4.69, 9.17) is 4.42 Å². The summed E-state index contributed by atoms with van der Waals surface area (Å²) < 4.78 is 5.85. The molecule has 1 N–H and O–H groups in total. The van der Waals surface area contributed by atoms with Gasteiger partial charge in [-0.1, -0.05) is 46.6 Å². The number of hydrogen-bond donors (Lipinski definition) is 1. The van der Waals surface area contributed by atoms with Gasteiger partial charge in [0.05, 0.1) is 6.54 Å². The summed E-state index contributed by atoms with van der Waals surface area (Å²) in [7, 11) is 0. The molecule has 1 rings (SSSR count). The smallest absolute Gasteiger partial charge is 0.318 e. The van der Waals surface area contributed by atoms with Crippen LogP contribution in [0.5, 0.6) is 0 Å². The summed E-state index contributed by atoms with van der Waals surface area (Å²) >= 11 is 0. The third-order valence-electron chi connectivity index (χ3n) is 3.48. The normalized spacial score (nSPS) is 11.9.